The Labute approximate surface area is 107 Å². The number of fused-ring (bicyclic) bond motifs is 1. The van der Waals surface area contributed by atoms with Gasteiger partial charge >= 0.3 is 0 Å². The van der Waals surface area contributed by atoms with E-state index in [0.717, 1.165) is 48.8 Å². The summed E-state index contributed by atoms with van der Waals surface area (Å²) in [6, 6.07) is 2.10. The van der Waals surface area contributed by atoms with E-state index in [1.54, 1.807) is 6.33 Å². The summed E-state index contributed by atoms with van der Waals surface area (Å²) in [7, 11) is 0. The lowest BCUT2D eigenvalue weighted by atomic mass is 10.3. The highest BCUT2D eigenvalue weighted by molar-refractivity contribution is 5.88. The number of morpholine rings is 1. The van der Waals surface area contributed by atoms with E-state index < -0.39 is 0 Å². The Morgan fingerprint density at radius 2 is 1.94 bits per heavy atom. The molecule has 5 nitrogen and oxygen atoms in total. The third kappa shape index (κ3) is 2.46. The zero-order valence-corrected chi connectivity index (χ0v) is 11.2. The first-order valence-electron chi connectivity index (χ1n) is 6.47. The van der Waals surface area contributed by atoms with Crippen molar-refractivity contribution >= 4 is 16.9 Å². The molecule has 0 radical (unpaired) electrons. The van der Waals surface area contributed by atoms with Crippen LogP contribution in [0.3, 0.4) is 0 Å². The van der Waals surface area contributed by atoms with E-state index in [4.69, 9.17) is 4.74 Å². The highest BCUT2D eigenvalue weighted by Gasteiger charge is 2.16. The normalized spacial score (nSPS) is 15.4. The molecule has 0 unspecified atom stereocenters. The van der Waals surface area contributed by atoms with E-state index in [9.17, 15) is 0 Å². The third-order valence-corrected chi connectivity index (χ3v) is 2.85. The van der Waals surface area contributed by atoms with Gasteiger partial charge < -0.3 is 14.6 Å². The maximum Gasteiger partial charge on any atom is 0.143 e. The minimum absolute atomic E-state index is 0.773. The molecule has 1 fully saturated rings. The molecule has 5 heteroatoms. The Morgan fingerprint density at radius 1 is 1.22 bits per heavy atom. The number of hydrogen-bond acceptors (Lipinski definition) is 4. The van der Waals surface area contributed by atoms with Gasteiger partial charge in [-0.15, -0.1) is 0 Å². The molecule has 1 aliphatic heterocycles. The second-order valence-corrected chi connectivity index (χ2v) is 4.01. The number of nitrogens with zero attached hydrogens (tertiary/aromatic N) is 3. The molecule has 0 aliphatic carbocycles. The van der Waals surface area contributed by atoms with Gasteiger partial charge in [0, 0.05) is 18.8 Å². The smallest absolute Gasteiger partial charge is 0.143 e. The molecule has 0 spiro atoms. The molecule has 3 rings (SSSR count). The van der Waals surface area contributed by atoms with Gasteiger partial charge in [0.1, 0.15) is 17.8 Å². The number of rotatable bonds is 1. The van der Waals surface area contributed by atoms with Gasteiger partial charge in [-0.2, -0.15) is 0 Å². The van der Waals surface area contributed by atoms with Gasteiger partial charge in [-0.05, 0) is 13.0 Å². The SMILES string of the molecule is CC.Cc1cc2c(N3CCOCC3)ncnc2[nH]1. The second kappa shape index (κ2) is 5.82. The lowest BCUT2D eigenvalue weighted by Gasteiger charge is -2.27. The van der Waals surface area contributed by atoms with E-state index in [2.05, 4.69) is 25.9 Å². The molecule has 0 atom stereocenters. The van der Waals surface area contributed by atoms with Crippen LogP contribution in [0.4, 0.5) is 5.82 Å². The van der Waals surface area contributed by atoms with Crippen molar-refractivity contribution in [3.8, 4) is 0 Å². The lowest BCUT2D eigenvalue weighted by molar-refractivity contribution is 0.122. The van der Waals surface area contributed by atoms with Crippen molar-refractivity contribution in [1.82, 2.24) is 15.0 Å². The molecule has 1 aliphatic rings. The summed E-state index contributed by atoms with van der Waals surface area (Å²) in [5.74, 6) is 1.01. The van der Waals surface area contributed by atoms with Crippen LogP contribution in [0.2, 0.25) is 0 Å². The summed E-state index contributed by atoms with van der Waals surface area (Å²) in [5.41, 5.74) is 2.03. The summed E-state index contributed by atoms with van der Waals surface area (Å²) in [5, 5.41) is 1.10. The van der Waals surface area contributed by atoms with Crippen LogP contribution in [0, 0.1) is 6.92 Å². The summed E-state index contributed by atoms with van der Waals surface area (Å²) in [4.78, 5) is 14.1. The van der Waals surface area contributed by atoms with Gasteiger partial charge in [0.25, 0.3) is 0 Å². The fourth-order valence-corrected chi connectivity index (χ4v) is 2.09. The highest BCUT2D eigenvalue weighted by Crippen LogP contribution is 2.23. The van der Waals surface area contributed by atoms with Crippen molar-refractivity contribution in [3.63, 3.8) is 0 Å². The third-order valence-electron chi connectivity index (χ3n) is 2.85. The molecule has 2 aromatic heterocycles. The van der Waals surface area contributed by atoms with Crippen molar-refractivity contribution in [1.29, 1.82) is 0 Å². The average molecular weight is 248 g/mol. The minimum atomic E-state index is 0.773. The summed E-state index contributed by atoms with van der Waals surface area (Å²) in [6.45, 7) is 9.38. The molecule has 18 heavy (non-hydrogen) atoms. The fourth-order valence-electron chi connectivity index (χ4n) is 2.09. The standard InChI is InChI=1S/C11H14N4O.C2H6/c1-8-6-9-10(14-8)12-7-13-11(9)15-2-4-16-5-3-15;1-2/h6-7H,2-5H2,1H3,(H,12,13,14);1-2H3. The first-order valence-corrected chi connectivity index (χ1v) is 6.47. The largest absolute Gasteiger partial charge is 0.378 e. The summed E-state index contributed by atoms with van der Waals surface area (Å²) < 4.78 is 5.35. The van der Waals surface area contributed by atoms with Gasteiger partial charge in [-0.3, -0.25) is 0 Å². The van der Waals surface area contributed by atoms with E-state index in [1.807, 2.05) is 20.8 Å². The number of hydrogen-bond donors (Lipinski definition) is 1. The maximum atomic E-state index is 5.35. The average Bonchev–Trinajstić information content (AvgIpc) is 2.82. The zero-order valence-electron chi connectivity index (χ0n) is 11.2. The van der Waals surface area contributed by atoms with E-state index in [-0.39, 0.29) is 0 Å². The molecule has 0 saturated carbocycles. The van der Waals surface area contributed by atoms with Crippen LogP contribution in [0.25, 0.3) is 11.0 Å². The number of aromatic nitrogens is 3. The molecule has 0 amide bonds. The molecule has 3 heterocycles. The minimum Gasteiger partial charge on any atom is -0.378 e. The number of aromatic amines is 1. The van der Waals surface area contributed by atoms with Gasteiger partial charge in [-0.25, -0.2) is 9.97 Å². The monoisotopic (exact) mass is 248 g/mol. The van der Waals surface area contributed by atoms with Gasteiger partial charge in [0.15, 0.2) is 0 Å². The topological polar surface area (TPSA) is 54.0 Å². The second-order valence-electron chi connectivity index (χ2n) is 4.01. The number of ether oxygens (including phenoxy) is 1. The van der Waals surface area contributed by atoms with Crippen molar-refractivity contribution in [2.75, 3.05) is 31.2 Å². The quantitative estimate of drug-likeness (QED) is 0.840. The molecule has 0 aromatic carbocycles. The van der Waals surface area contributed by atoms with E-state index in [1.165, 1.54) is 0 Å². The van der Waals surface area contributed by atoms with E-state index >= 15 is 0 Å². The number of aryl methyl sites for hydroxylation is 1. The first-order chi connectivity index (χ1) is 8.84. The predicted octanol–water partition coefficient (Wildman–Crippen LogP) is 2.13. The molecule has 0 bridgehead atoms. The lowest BCUT2D eigenvalue weighted by Crippen LogP contribution is -2.36. The van der Waals surface area contributed by atoms with Crippen molar-refractivity contribution < 1.29 is 4.74 Å². The van der Waals surface area contributed by atoms with E-state index in [0.29, 0.717) is 0 Å². The number of anilines is 1. The molecular weight excluding hydrogens is 228 g/mol. The van der Waals surface area contributed by atoms with Gasteiger partial charge in [-0.1, -0.05) is 13.8 Å². The van der Waals surface area contributed by atoms with Crippen molar-refractivity contribution in [3.05, 3.63) is 18.1 Å². The predicted molar refractivity (Wildman–Crippen MR) is 73.0 cm³/mol. The van der Waals surface area contributed by atoms with Crippen LogP contribution in [-0.4, -0.2) is 41.3 Å². The van der Waals surface area contributed by atoms with Crippen LogP contribution >= 0.6 is 0 Å². The maximum absolute atomic E-state index is 5.35. The van der Waals surface area contributed by atoms with Crippen LogP contribution in [-0.2, 0) is 4.74 Å². The van der Waals surface area contributed by atoms with Crippen LogP contribution in [0.5, 0.6) is 0 Å². The number of nitrogens with one attached hydrogen (secondary N) is 1. The first kappa shape index (κ1) is 12.8. The van der Waals surface area contributed by atoms with Crippen molar-refractivity contribution in [2.45, 2.75) is 20.8 Å². The molecule has 1 N–H and O–H groups in total. The number of H-pyrrole nitrogens is 1. The zero-order chi connectivity index (χ0) is 13.0. The Kier molecular flexibility index (Phi) is 4.15. The summed E-state index contributed by atoms with van der Waals surface area (Å²) in [6.07, 6.45) is 1.61. The fraction of sp³-hybridized carbons (Fsp3) is 0.538. The molecule has 1 saturated heterocycles. The Balaban J connectivity index is 0.000000574. The molecule has 98 valence electrons. The molecular formula is C13H20N4O. The van der Waals surface area contributed by atoms with Crippen molar-refractivity contribution in [2.24, 2.45) is 0 Å². The van der Waals surface area contributed by atoms with Gasteiger partial charge in [0.2, 0.25) is 0 Å². The van der Waals surface area contributed by atoms with Crippen LogP contribution < -0.4 is 4.90 Å². The van der Waals surface area contributed by atoms with Crippen LogP contribution in [0.1, 0.15) is 19.5 Å². The van der Waals surface area contributed by atoms with Crippen LogP contribution in [0.15, 0.2) is 12.4 Å². The Bertz CT molecular complexity index is 503. The Hall–Kier alpha value is -1.62. The molecule has 2 aromatic rings. The summed E-state index contributed by atoms with van der Waals surface area (Å²) >= 11 is 0. The Morgan fingerprint density at radius 3 is 2.67 bits per heavy atom. The van der Waals surface area contributed by atoms with Gasteiger partial charge in [0.05, 0.1) is 18.6 Å². The highest BCUT2D eigenvalue weighted by atomic mass is 16.5.